The average Bonchev–Trinajstić information content (AvgIpc) is 2.19. The standard InChI is InChI=1S/C11H18N2S/c1-4-6-7-10-12-9(5-2)8(3)11(14)13-10/h4-7H2,1-3H3,(H,12,13,14). The maximum absolute atomic E-state index is 5.21. The third-order valence-electron chi connectivity index (χ3n) is 2.43. The average molecular weight is 210 g/mol. The molecule has 1 rings (SSSR count). The smallest absolute Gasteiger partial charge is 0.132 e. The number of hydrogen-bond donors (Lipinski definition) is 1. The fourth-order valence-electron chi connectivity index (χ4n) is 1.45. The molecular weight excluding hydrogens is 192 g/mol. The van der Waals surface area contributed by atoms with Crippen LogP contribution in [-0.4, -0.2) is 9.97 Å². The van der Waals surface area contributed by atoms with Crippen molar-refractivity contribution in [2.45, 2.75) is 46.5 Å². The first-order chi connectivity index (χ1) is 6.69. The molecule has 0 saturated carbocycles. The molecule has 0 aromatic carbocycles. The van der Waals surface area contributed by atoms with Gasteiger partial charge in [-0.25, -0.2) is 4.98 Å². The Morgan fingerprint density at radius 2 is 2.07 bits per heavy atom. The zero-order valence-electron chi connectivity index (χ0n) is 9.18. The monoisotopic (exact) mass is 210 g/mol. The number of nitrogens with zero attached hydrogens (tertiary/aromatic N) is 1. The lowest BCUT2D eigenvalue weighted by Gasteiger charge is -2.06. The Bertz CT molecular complexity index is 355. The first-order valence-corrected chi connectivity index (χ1v) is 5.68. The van der Waals surface area contributed by atoms with Gasteiger partial charge in [0.15, 0.2) is 0 Å². The van der Waals surface area contributed by atoms with Gasteiger partial charge in [0.1, 0.15) is 10.5 Å². The molecule has 0 aliphatic carbocycles. The molecule has 1 heterocycles. The minimum atomic E-state index is 0.756. The molecule has 0 radical (unpaired) electrons. The minimum Gasteiger partial charge on any atom is -0.347 e. The van der Waals surface area contributed by atoms with Crippen LogP contribution in [0.15, 0.2) is 0 Å². The SMILES string of the molecule is CCCCc1nc(=S)c(C)c(CC)[nH]1. The normalized spacial score (nSPS) is 10.5. The Labute approximate surface area is 90.8 Å². The summed E-state index contributed by atoms with van der Waals surface area (Å²) in [5.41, 5.74) is 2.36. The summed E-state index contributed by atoms with van der Waals surface area (Å²) in [4.78, 5) is 7.74. The first-order valence-electron chi connectivity index (χ1n) is 5.27. The fourth-order valence-corrected chi connectivity index (χ4v) is 1.68. The van der Waals surface area contributed by atoms with Crippen LogP contribution < -0.4 is 0 Å². The highest BCUT2D eigenvalue weighted by Gasteiger charge is 2.02. The molecular formula is C11H18N2S. The van der Waals surface area contributed by atoms with Gasteiger partial charge >= 0.3 is 0 Å². The molecule has 0 bridgehead atoms. The fraction of sp³-hybridized carbons (Fsp3) is 0.636. The van der Waals surface area contributed by atoms with E-state index in [-0.39, 0.29) is 0 Å². The predicted molar refractivity (Wildman–Crippen MR) is 62.1 cm³/mol. The van der Waals surface area contributed by atoms with Crippen LogP contribution in [0.3, 0.4) is 0 Å². The van der Waals surface area contributed by atoms with E-state index in [2.05, 4.69) is 23.8 Å². The Morgan fingerprint density at radius 1 is 1.36 bits per heavy atom. The van der Waals surface area contributed by atoms with Gasteiger partial charge in [-0.15, -0.1) is 0 Å². The van der Waals surface area contributed by atoms with Crippen LogP contribution in [0.5, 0.6) is 0 Å². The van der Waals surface area contributed by atoms with Gasteiger partial charge in [-0.3, -0.25) is 0 Å². The highest BCUT2D eigenvalue weighted by molar-refractivity contribution is 7.71. The molecule has 1 N–H and O–H groups in total. The number of aromatic amines is 1. The van der Waals surface area contributed by atoms with Crippen molar-refractivity contribution in [1.29, 1.82) is 0 Å². The Kier molecular flexibility index (Phi) is 4.26. The zero-order chi connectivity index (χ0) is 10.6. The number of nitrogens with one attached hydrogen (secondary N) is 1. The summed E-state index contributed by atoms with van der Waals surface area (Å²) < 4.78 is 0.756. The summed E-state index contributed by atoms with van der Waals surface area (Å²) in [6.45, 7) is 6.36. The van der Waals surface area contributed by atoms with Crippen molar-refractivity contribution < 1.29 is 0 Å². The molecule has 14 heavy (non-hydrogen) atoms. The van der Waals surface area contributed by atoms with Crippen molar-refractivity contribution >= 4 is 12.2 Å². The van der Waals surface area contributed by atoms with E-state index >= 15 is 0 Å². The summed E-state index contributed by atoms with van der Waals surface area (Å²) in [5.74, 6) is 1.04. The highest BCUT2D eigenvalue weighted by atomic mass is 32.1. The minimum absolute atomic E-state index is 0.756. The van der Waals surface area contributed by atoms with Crippen LogP contribution in [0, 0.1) is 11.6 Å². The summed E-state index contributed by atoms with van der Waals surface area (Å²) in [6, 6.07) is 0. The molecule has 0 saturated heterocycles. The number of aromatic nitrogens is 2. The third-order valence-corrected chi connectivity index (χ3v) is 2.82. The molecule has 0 spiro atoms. The van der Waals surface area contributed by atoms with E-state index in [1.54, 1.807) is 0 Å². The highest BCUT2D eigenvalue weighted by Crippen LogP contribution is 2.08. The quantitative estimate of drug-likeness (QED) is 0.772. The van der Waals surface area contributed by atoms with Crippen molar-refractivity contribution in [1.82, 2.24) is 9.97 Å². The van der Waals surface area contributed by atoms with Gasteiger partial charge in [-0.05, 0) is 19.8 Å². The van der Waals surface area contributed by atoms with Gasteiger partial charge in [0, 0.05) is 17.7 Å². The maximum Gasteiger partial charge on any atom is 0.132 e. The molecule has 0 amide bonds. The molecule has 0 fully saturated rings. The molecule has 2 nitrogen and oxygen atoms in total. The Hall–Kier alpha value is -0.700. The van der Waals surface area contributed by atoms with E-state index in [9.17, 15) is 0 Å². The van der Waals surface area contributed by atoms with E-state index in [4.69, 9.17) is 12.2 Å². The van der Waals surface area contributed by atoms with Crippen LogP contribution >= 0.6 is 12.2 Å². The van der Waals surface area contributed by atoms with Crippen LogP contribution in [0.25, 0.3) is 0 Å². The van der Waals surface area contributed by atoms with E-state index in [1.807, 2.05) is 6.92 Å². The molecule has 3 heteroatoms. The van der Waals surface area contributed by atoms with Crippen molar-refractivity contribution in [3.8, 4) is 0 Å². The molecule has 1 aromatic heterocycles. The number of unbranched alkanes of at least 4 members (excludes halogenated alkanes) is 1. The Morgan fingerprint density at radius 3 is 2.64 bits per heavy atom. The van der Waals surface area contributed by atoms with Gasteiger partial charge in [0.2, 0.25) is 0 Å². The van der Waals surface area contributed by atoms with Crippen molar-refractivity contribution in [3.63, 3.8) is 0 Å². The predicted octanol–water partition coefficient (Wildman–Crippen LogP) is 3.35. The van der Waals surface area contributed by atoms with Crippen LogP contribution in [0.2, 0.25) is 0 Å². The molecule has 0 aliphatic rings. The lowest BCUT2D eigenvalue weighted by molar-refractivity contribution is 0.738. The number of rotatable bonds is 4. The van der Waals surface area contributed by atoms with E-state index in [1.165, 1.54) is 18.5 Å². The number of H-pyrrole nitrogens is 1. The summed E-state index contributed by atoms with van der Waals surface area (Å²) >= 11 is 5.21. The zero-order valence-corrected chi connectivity index (χ0v) is 10.0. The van der Waals surface area contributed by atoms with Gasteiger partial charge < -0.3 is 4.98 Å². The molecule has 78 valence electrons. The van der Waals surface area contributed by atoms with E-state index in [0.29, 0.717) is 0 Å². The molecule has 0 aliphatic heterocycles. The summed E-state index contributed by atoms with van der Waals surface area (Å²) in [5, 5.41) is 0. The Balaban J connectivity index is 2.98. The van der Waals surface area contributed by atoms with Gasteiger partial charge in [-0.1, -0.05) is 32.5 Å². The van der Waals surface area contributed by atoms with Gasteiger partial charge in [0.05, 0.1) is 0 Å². The summed E-state index contributed by atoms with van der Waals surface area (Å²) in [6.07, 6.45) is 4.37. The van der Waals surface area contributed by atoms with Crippen molar-refractivity contribution in [2.75, 3.05) is 0 Å². The third kappa shape index (κ3) is 2.64. The van der Waals surface area contributed by atoms with Gasteiger partial charge in [-0.2, -0.15) is 0 Å². The largest absolute Gasteiger partial charge is 0.347 e. The van der Waals surface area contributed by atoms with Crippen molar-refractivity contribution in [3.05, 3.63) is 21.7 Å². The number of aryl methyl sites for hydroxylation is 2. The second-order valence-electron chi connectivity index (χ2n) is 3.55. The molecule has 0 atom stereocenters. The van der Waals surface area contributed by atoms with Crippen molar-refractivity contribution in [2.24, 2.45) is 0 Å². The van der Waals surface area contributed by atoms with Crippen LogP contribution in [0.4, 0.5) is 0 Å². The van der Waals surface area contributed by atoms with E-state index in [0.717, 1.165) is 28.9 Å². The van der Waals surface area contributed by atoms with Crippen LogP contribution in [-0.2, 0) is 12.8 Å². The summed E-state index contributed by atoms with van der Waals surface area (Å²) in [7, 11) is 0. The van der Waals surface area contributed by atoms with Crippen LogP contribution in [0.1, 0.15) is 43.8 Å². The second kappa shape index (κ2) is 5.25. The topological polar surface area (TPSA) is 28.7 Å². The molecule has 0 unspecified atom stereocenters. The first kappa shape index (κ1) is 11.4. The number of hydrogen-bond acceptors (Lipinski definition) is 2. The lowest BCUT2D eigenvalue weighted by Crippen LogP contribution is -2.02. The maximum atomic E-state index is 5.21. The lowest BCUT2D eigenvalue weighted by atomic mass is 10.2. The second-order valence-corrected chi connectivity index (χ2v) is 3.94. The van der Waals surface area contributed by atoms with Gasteiger partial charge in [0.25, 0.3) is 0 Å². The van der Waals surface area contributed by atoms with E-state index < -0.39 is 0 Å². The molecule has 1 aromatic rings.